The van der Waals surface area contributed by atoms with Gasteiger partial charge in [-0.3, -0.25) is 4.90 Å². The summed E-state index contributed by atoms with van der Waals surface area (Å²) in [5, 5.41) is 18.7. The van der Waals surface area contributed by atoms with E-state index >= 15 is 0 Å². The van der Waals surface area contributed by atoms with Crippen molar-refractivity contribution in [3.63, 3.8) is 0 Å². The first-order chi connectivity index (χ1) is 15.1. The second-order valence-electron chi connectivity index (χ2n) is 7.00. The summed E-state index contributed by atoms with van der Waals surface area (Å²) in [5.74, 6) is 1.21. The van der Waals surface area contributed by atoms with Gasteiger partial charge in [0.15, 0.2) is 22.5 Å². The standard InChI is InChI=1S/C21H19ClFN5O2S/c22-20-16(23)11-15(13-25)21(26-20)31-10-7-27-3-5-28(6-4-27)17-2-1-14(12-24)18-19(17)30-9-8-29-18/h1-2,11H,3-10H2. The summed E-state index contributed by atoms with van der Waals surface area (Å²) in [7, 11) is 0. The molecule has 31 heavy (non-hydrogen) atoms. The van der Waals surface area contributed by atoms with Gasteiger partial charge in [-0.25, -0.2) is 9.37 Å². The molecule has 0 spiro atoms. The Kier molecular flexibility index (Phi) is 6.67. The number of nitriles is 2. The van der Waals surface area contributed by atoms with Crippen molar-refractivity contribution in [1.29, 1.82) is 10.5 Å². The van der Waals surface area contributed by atoms with Gasteiger partial charge in [-0.2, -0.15) is 10.5 Å². The predicted octanol–water partition coefficient (Wildman–Crippen LogP) is 3.30. The van der Waals surface area contributed by atoms with E-state index in [2.05, 4.69) is 20.9 Å². The molecular formula is C21H19ClFN5O2S. The summed E-state index contributed by atoms with van der Waals surface area (Å²) < 4.78 is 25.0. The number of fused-ring (bicyclic) bond motifs is 1. The van der Waals surface area contributed by atoms with Gasteiger partial charge >= 0.3 is 0 Å². The highest BCUT2D eigenvalue weighted by Crippen LogP contribution is 2.42. The number of rotatable bonds is 5. The first-order valence-corrected chi connectivity index (χ1v) is 11.2. The number of nitrogens with zero attached hydrogens (tertiary/aromatic N) is 5. The first-order valence-electron chi connectivity index (χ1n) is 9.79. The third-order valence-corrected chi connectivity index (χ3v) is 6.40. The maximum Gasteiger partial charge on any atom is 0.186 e. The van der Waals surface area contributed by atoms with Gasteiger partial charge in [-0.05, 0) is 18.2 Å². The highest BCUT2D eigenvalue weighted by Gasteiger charge is 2.26. The molecule has 0 radical (unpaired) electrons. The lowest BCUT2D eigenvalue weighted by molar-refractivity contribution is 0.171. The van der Waals surface area contributed by atoms with Crippen molar-refractivity contribution in [3.05, 3.63) is 40.3 Å². The van der Waals surface area contributed by atoms with Crippen molar-refractivity contribution in [1.82, 2.24) is 9.88 Å². The van der Waals surface area contributed by atoms with Crippen LogP contribution in [0.5, 0.6) is 11.5 Å². The Morgan fingerprint density at radius 2 is 1.77 bits per heavy atom. The molecule has 0 atom stereocenters. The van der Waals surface area contributed by atoms with Crippen LogP contribution in [0.3, 0.4) is 0 Å². The van der Waals surface area contributed by atoms with Crippen LogP contribution >= 0.6 is 23.4 Å². The maximum absolute atomic E-state index is 13.5. The molecule has 0 unspecified atom stereocenters. The average Bonchev–Trinajstić information content (AvgIpc) is 2.81. The van der Waals surface area contributed by atoms with Gasteiger partial charge in [-0.1, -0.05) is 11.6 Å². The van der Waals surface area contributed by atoms with E-state index in [1.807, 2.05) is 12.1 Å². The summed E-state index contributed by atoms with van der Waals surface area (Å²) in [6.45, 7) is 5.08. The van der Waals surface area contributed by atoms with Crippen molar-refractivity contribution in [2.45, 2.75) is 5.03 Å². The van der Waals surface area contributed by atoms with Crippen molar-refractivity contribution in [3.8, 4) is 23.6 Å². The minimum Gasteiger partial charge on any atom is -0.485 e. The van der Waals surface area contributed by atoms with E-state index in [0.29, 0.717) is 41.1 Å². The summed E-state index contributed by atoms with van der Waals surface area (Å²) in [4.78, 5) is 8.56. The van der Waals surface area contributed by atoms with Crippen molar-refractivity contribution in [2.75, 3.05) is 56.6 Å². The molecular weight excluding hydrogens is 441 g/mol. The van der Waals surface area contributed by atoms with Gasteiger partial charge in [0.2, 0.25) is 0 Å². The smallest absolute Gasteiger partial charge is 0.186 e. The van der Waals surface area contributed by atoms with Crippen LogP contribution in [0.25, 0.3) is 0 Å². The highest BCUT2D eigenvalue weighted by molar-refractivity contribution is 7.99. The summed E-state index contributed by atoms with van der Waals surface area (Å²) in [6, 6.07) is 8.94. The lowest BCUT2D eigenvalue weighted by Gasteiger charge is -2.37. The van der Waals surface area contributed by atoms with E-state index < -0.39 is 5.82 Å². The van der Waals surface area contributed by atoms with Gasteiger partial charge < -0.3 is 14.4 Å². The maximum atomic E-state index is 13.5. The molecule has 1 fully saturated rings. The molecule has 160 valence electrons. The van der Waals surface area contributed by atoms with Crippen LogP contribution in [0.1, 0.15) is 11.1 Å². The molecule has 1 aromatic carbocycles. The van der Waals surface area contributed by atoms with Crippen molar-refractivity contribution in [2.24, 2.45) is 0 Å². The SMILES string of the molecule is N#Cc1cc(F)c(Cl)nc1SCCN1CCN(c2ccc(C#N)c3c2OCCO3)CC1. The topological polar surface area (TPSA) is 85.4 Å². The van der Waals surface area contributed by atoms with E-state index in [4.69, 9.17) is 21.1 Å². The normalized spacial score (nSPS) is 15.9. The summed E-state index contributed by atoms with van der Waals surface area (Å²) in [5.41, 5.74) is 1.64. The number of thioether (sulfide) groups is 1. The molecule has 0 bridgehead atoms. The van der Waals surface area contributed by atoms with Crippen molar-refractivity contribution < 1.29 is 13.9 Å². The minimum atomic E-state index is -0.682. The molecule has 4 rings (SSSR count). The molecule has 2 aliphatic rings. The van der Waals surface area contributed by atoms with Crippen LogP contribution in [0.4, 0.5) is 10.1 Å². The molecule has 3 heterocycles. The lowest BCUT2D eigenvalue weighted by atomic mass is 10.1. The number of hydrogen-bond donors (Lipinski definition) is 0. The molecule has 0 amide bonds. The van der Waals surface area contributed by atoms with Crippen LogP contribution in [-0.2, 0) is 0 Å². The molecule has 0 aliphatic carbocycles. The molecule has 0 N–H and O–H groups in total. The Balaban J connectivity index is 1.34. The largest absolute Gasteiger partial charge is 0.485 e. The highest BCUT2D eigenvalue weighted by atomic mass is 35.5. The van der Waals surface area contributed by atoms with Crippen LogP contribution in [0.2, 0.25) is 5.15 Å². The number of anilines is 1. The average molecular weight is 460 g/mol. The Morgan fingerprint density at radius 1 is 1.06 bits per heavy atom. The monoisotopic (exact) mass is 459 g/mol. The molecule has 7 nitrogen and oxygen atoms in total. The molecule has 1 aromatic heterocycles. The van der Waals surface area contributed by atoms with Crippen molar-refractivity contribution >= 4 is 29.1 Å². The van der Waals surface area contributed by atoms with Gasteiger partial charge in [-0.15, -0.1) is 11.8 Å². The van der Waals surface area contributed by atoms with E-state index in [9.17, 15) is 14.9 Å². The van der Waals surface area contributed by atoms with Gasteiger partial charge in [0, 0.05) is 38.5 Å². The van der Waals surface area contributed by atoms with Crippen LogP contribution < -0.4 is 14.4 Å². The predicted molar refractivity (Wildman–Crippen MR) is 115 cm³/mol. The van der Waals surface area contributed by atoms with Crippen LogP contribution in [0.15, 0.2) is 23.2 Å². The fraction of sp³-hybridized carbons (Fsp3) is 0.381. The Labute approximate surface area is 188 Å². The molecule has 1 saturated heterocycles. The third kappa shape index (κ3) is 4.64. The van der Waals surface area contributed by atoms with E-state index in [1.54, 1.807) is 6.07 Å². The number of hydrogen-bond acceptors (Lipinski definition) is 8. The fourth-order valence-electron chi connectivity index (χ4n) is 3.58. The van der Waals surface area contributed by atoms with Crippen LogP contribution in [-0.4, -0.2) is 61.6 Å². The lowest BCUT2D eigenvalue weighted by Crippen LogP contribution is -2.47. The van der Waals surface area contributed by atoms with Gasteiger partial charge in [0.25, 0.3) is 0 Å². The molecule has 10 heteroatoms. The number of halogens is 2. The molecule has 2 aliphatic heterocycles. The molecule has 0 saturated carbocycles. The number of aromatic nitrogens is 1. The summed E-state index contributed by atoms with van der Waals surface area (Å²) >= 11 is 7.15. The number of ether oxygens (including phenoxy) is 2. The van der Waals surface area contributed by atoms with Gasteiger partial charge in [0.1, 0.15) is 30.4 Å². The van der Waals surface area contributed by atoms with E-state index in [1.165, 1.54) is 11.8 Å². The Morgan fingerprint density at radius 3 is 2.48 bits per heavy atom. The second-order valence-corrected chi connectivity index (χ2v) is 8.44. The number of piperazine rings is 1. The van der Waals surface area contributed by atoms with Gasteiger partial charge in [0.05, 0.1) is 16.8 Å². The number of benzene rings is 1. The van der Waals surface area contributed by atoms with E-state index in [0.717, 1.165) is 44.5 Å². The van der Waals surface area contributed by atoms with E-state index in [-0.39, 0.29) is 10.7 Å². The fourth-order valence-corrected chi connectivity index (χ4v) is 4.73. The van der Waals surface area contributed by atoms with Crippen LogP contribution in [0, 0.1) is 28.5 Å². The summed E-state index contributed by atoms with van der Waals surface area (Å²) in [6.07, 6.45) is 0. The zero-order chi connectivity index (χ0) is 21.8. The Bertz CT molecular complexity index is 1060. The zero-order valence-electron chi connectivity index (χ0n) is 16.6. The second kappa shape index (κ2) is 9.61. The zero-order valence-corrected chi connectivity index (χ0v) is 18.2. The Hall–Kier alpha value is -2.72. The molecule has 2 aromatic rings. The quantitative estimate of drug-likeness (QED) is 0.497. The third-order valence-electron chi connectivity index (χ3n) is 5.17. The number of pyridine rings is 1. The minimum absolute atomic E-state index is 0.199. The first kappa shape index (κ1) is 21.5.